The lowest BCUT2D eigenvalue weighted by molar-refractivity contribution is -0.139. The number of carbonyl (C=O) groups excluding carboxylic acids is 1. The van der Waals surface area contributed by atoms with Crippen molar-refractivity contribution in [3.8, 4) is 11.5 Å². The van der Waals surface area contributed by atoms with Gasteiger partial charge >= 0.3 is 5.97 Å². The molecule has 2 aliphatic rings. The second-order valence-electron chi connectivity index (χ2n) is 6.89. The van der Waals surface area contributed by atoms with Crippen LogP contribution < -0.4 is 9.47 Å². The van der Waals surface area contributed by atoms with Gasteiger partial charge in [0.05, 0.1) is 12.7 Å². The number of rotatable bonds is 6. The number of methoxy groups -OCH3 is 1. The predicted molar refractivity (Wildman–Crippen MR) is 121 cm³/mol. The third kappa shape index (κ3) is 4.26. The van der Waals surface area contributed by atoms with E-state index in [4.69, 9.17) is 20.0 Å². The van der Waals surface area contributed by atoms with Gasteiger partial charge in [-0.2, -0.15) is 15.1 Å². The van der Waals surface area contributed by atoms with Gasteiger partial charge in [-0.15, -0.1) is 0 Å². The van der Waals surface area contributed by atoms with Gasteiger partial charge in [-0.3, -0.25) is 10.2 Å². The molecule has 2 aromatic carbocycles. The number of hydrazone groups is 1. The SMILES string of the molecule is COc1cc(/C=C2/C(=N)N3N=C(c4cccc(C)c4)SC3=NC2=O)ccc1OCC(=O)O. The number of carbonyl (C=O) groups is 2. The summed E-state index contributed by atoms with van der Waals surface area (Å²) in [5.41, 5.74) is 2.60. The predicted octanol–water partition coefficient (Wildman–Crippen LogP) is 3.13. The van der Waals surface area contributed by atoms with Gasteiger partial charge in [0, 0.05) is 5.56 Å². The molecule has 2 aliphatic heterocycles. The summed E-state index contributed by atoms with van der Waals surface area (Å²) in [5.74, 6) is -1.18. The molecule has 0 aliphatic carbocycles. The number of carboxylic acids is 1. The lowest BCUT2D eigenvalue weighted by Gasteiger charge is -2.20. The van der Waals surface area contributed by atoms with E-state index in [-0.39, 0.29) is 17.2 Å². The Hall–Kier alpha value is -3.92. The summed E-state index contributed by atoms with van der Waals surface area (Å²) in [6.07, 6.45) is 1.51. The molecule has 0 saturated carbocycles. The van der Waals surface area contributed by atoms with E-state index >= 15 is 0 Å². The standard InChI is InChI=1S/C22H18N4O5S/c1-12-4-3-5-14(8-12)21-25-26-19(23)15(20(29)24-22(26)32-21)9-13-6-7-16(17(10-13)30-2)31-11-18(27)28/h3-10,23H,11H2,1-2H3,(H,27,28)/b15-9-,23-19?. The average Bonchev–Trinajstić information content (AvgIpc) is 3.19. The molecule has 0 aromatic heterocycles. The first-order valence-electron chi connectivity index (χ1n) is 9.45. The van der Waals surface area contributed by atoms with Crippen LogP contribution in [0.3, 0.4) is 0 Å². The van der Waals surface area contributed by atoms with Crippen LogP contribution in [0.2, 0.25) is 0 Å². The van der Waals surface area contributed by atoms with Crippen molar-refractivity contribution in [2.75, 3.05) is 13.7 Å². The van der Waals surface area contributed by atoms with Crippen molar-refractivity contribution < 1.29 is 24.2 Å². The number of carboxylic acid groups (broad SMARTS) is 1. The summed E-state index contributed by atoms with van der Waals surface area (Å²) in [6, 6.07) is 12.6. The summed E-state index contributed by atoms with van der Waals surface area (Å²) in [4.78, 5) is 27.5. The highest BCUT2D eigenvalue weighted by Crippen LogP contribution is 2.33. The number of nitrogens with zero attached hydrogens (tertiary/aromatic N) is 3. The molecule has 9 nitrogen and oxygen atoms in total. The summed E-state index contributed by atoms with van der Waals surface area (Å²) in [6.45, 7) is 1.47. The molecule has 162 valence electrons. The van der Waals surface area contributed by atoms with E-state index in [1.807, 2.05) is 31.2 Å². The van der Waals surface area contributed by atoms with E-state index in [1.165, 1.54) is 30.0 Å². The summed E-state index contributed by atoms with van der Waals surface area (Å²) < 4.78 is 10.4. The van der Waals surface area contributed by atoms with Crippen molar-refractivity contribution in [2.24, 2.45) is 10.1 Å². The molecule has 32 heavy (non-hydrogen) atoms. The lowest BCUT2D eigenvalue weighted by Crippen LogP contribution is -2.35. The molecule has 0 unspecified atom stereocenters. The van der Waals surface area contributed by atoms with Crippen molar-refractivity contribution in [1.29, 1.82) is 5.41 Å². The Morgan fingerprint density at radius 3 is 2.78 bits per heavy atom. The molecular weight excluding hydrogens is 432 g/mol. The van der Waals surface area contributed by atoms with Crippen LogP contribution in [-0.4, -0.2) is 51.8 Å². The van der Waals surface area contributed by atoms with Crippen LogP contribution in [0.25, 0.3) is 6.08 Å². The quantitative estimate of drug-likeness (QED) is 0.648. The van der Waals surface area contributed by atoms with Gasteiger partial charge in [0.15, 0.2) is 23.9 Å². The van der Waals surface area contributed by atoms with Gasteiger partial charge in [-0.05, 0) is 48.5 Å². The number of thioether (sulfide) groups is 1. The Balaban J connectivity index is 1.62. The number of benzene rings is 2. The van der Waals surface area contributed by atoms with Crippen LogP contribution in [0.4, 0.5) is 0 Å². The number of nitrogens with one attached hydrogen (secondary N) is 1. The van der Waals surface area contributed by atoms with Crippen molar-refractivity contribution >= 4 is 45.8 Å². The molecule has 0 spiro atoms. The van der Waals surface area contributed by atoms with Crippen molar-refractivity contribution in [3.63, 3.8) is 0 Å². The van der Waals surface area contributed by atoms with E-state index in [1.54, 1.807) is 18.2 Å². The second-order valence-corrected chi connectivity index (χ2v) is 7.84. The molecule has 0 radical (unpaired) electrons. The molecule has 2 heterocycles. The number of aliphatic imine (C=N–C) groups is 1. The molecule has 0 bridgehead atoms. The maximum absolute atomic E-state index is 12.6. The van der Waals surface area contributed by atoms with Crippen molar-refractivity contribution in [2.45, 2.75) is 6.92 Å². The molecule has 2 aromatic rings. The fourth-order valence-corrected chi connectivity index (χ4v) is 3.97. The third-order valence-electron chi connectivity index (χ3n) is 4.57. The van der Waals surface area contributed by atoms with Crippen LogP contribution in [0.15, 0.2) is 58.1 Å². The smallest absolute Gasteiger partial charge is 0.341 e. The maximum Gasteiger partial charge on any atom is 0.341 e. The first kappa shape index (κ1) is 21.3. The van der Waals surface area contributed by atoms with E-state index in [2.05, 4.69) is 10.1 Å². The molecule has 1 amide bonds. The van der Waals surface area contributed by atoms with Gasteiger partial charge in [-0.25, -0.2) is 4.79 Å². The van der Waals surface area contributed by atoms with Crippen LogP contribution in [-0.2, 0) is 9.59 Å². The van der Waals surface area contributed by atoms with Gasteiger partial charge in [0.1, 0.15) is 5.04 Å². The fourth-order valence-electron chi connectivity index (χ4n) is 3.09. The number of amides is 1. The zero-order valence-corrected chi connectivity index (χ0v) is 18.0. The number of aryl methyl sites for hydroxylation is 1. The average molecular weight is 450 g/mol. The zero-order valence-electron chi connectivity index (χ0n) is 17.2. The Labute approximate surface area is 187 Å². The first-order valence-corrected chi connectivity index (χ1v) is 10.3. The van der Waals surface area contributed by atoms with E-state index in [9.17, 15) is 9.59 Å². The van der Waals surface area contributed by atoms with E-state index in [0.29, 0.717) is 21.5 Å². The van der Waals surface area contributed by atoms with E-state index < -0.39 is 18.5 Å². The van der Waals surface area contributed by atoms with Crippen LogP contribution in [0.1, 0.15) is 16.7 Å². The summed E-state index contributed by atoms with van der Waals surface area (Å²) in [5, 5.41) is 24.1. The minimum atomic E-state index is -1.11. The summed E-state index contributed by atoms with van der Waals surface area (Å²) >= 11 is 1.24. The van der Waals surface area contributed by atoms with Gasteiger partial charge in [-0.1, -0.05) is 29.8 Å². The summed E-state index contributed by atoms with van der Waals surface area (Å²) in [7, 11) is 1.42. The van der Waals surface area contributed by atoms with Crippen LogP contribution in [0.5, 0.6) is 11.5 Å². The molecular formula is C22H18N4O5S. The first-order chi connectivity index (χ1) is 15.4. The monoisotopic (exact) mass is 450 g/mol. The lowest BCUT2D eigenvalue weighted by atomic mass is 10.1. The van der Waals surface area contributed by atoms with Gasteiger partial charge in [0.2, 0.25) is 5.17 Å². The highest BCUT2D eigenvalue weighted by molar-refractivity contribution is 8.27. The minimum Gasteiger partial charge on any atom is -0.493 e. The molecule has 0 fully saturated rings. The highest BCUT2D eigenvalue weighted by atomic mass is 32.2. The number of fused-ring (bicyclic) bond motifs is 1. The topological polar surface area (TPSA) is 125 Å². The Morgan fingerprint density at radius 1 is 1.25 bits per heavy atom. The van der Waals surface area contributed by atoms with Crippen LogP contribution >= 0.6 is 11.8 Å². The Kier molecular flexibility index (Phi) is 5.78. The number of aliphatic carboxylic acids is 1. The molecule has 10 heteroatoms. The zero-order chi connectivity index (χ0) is 22.8. The largest absolute Gasteiger partial charge is 0.493 e. The number of hydrogen-bond acceptors (Lipinski definition) is 7. The Morgan fingerprint density at radius 2 is 2.06 bits per heavy atom. The van der Waals surface area contributed by atoms with Gasteiger partial charge < -0.3 is 14.6 Å². The fraction of sp³-hybridized carbons (Fsp3) is 0.136. The number of amidine groups is 2. The Bertz CT molecular complexity index is 1230. The van der Waals surface area contributed by atoms with Crippen molar-refractivity contribution in [1.82, 2.24) is 5.01 Å². The van der Waals surface area contributed by atoms with Gasteiger partial charge in [0.25, 0.3) is 5.91 Å². The third-order valence-corrected chi connectivity index (χ3v) is 5.53. The minimum absolute atomic E-state index is 0.0739. The highest BCUT2D eigenvalue weighted by Gasteiger charge is 2.36. The molecule has 0 saturated heterocycles. The maximum atomic E-state index is 12.6. The molecule has 2 N–H and O–H groups in total. The second kappa shape index (κ2) is 8.67. The van der Waals surface area contributed by atoms with Crippen molar-refractivity contribution in [3.05, 3.63) is 64.7 Å². The molecule has 0 atom stereocenters. The normalized spacial score (nSPS) is 16.6. The molecule has 4 rings (SSSR count). The number of hydrogen-bond donors (Lipinski definition) is 2. The number of ether oxygens (including phenoxy) is 2. The van der Waals surface area contributed by atoms with Crippen LogP contribution in [0, 0.1) is 12.3 Å². The van der Waals surface area contributed by atoms with E-state index in [0.717, 1.165) is 11.1 Å².